The minimum Gasteiger partial charge on any atom is -0.508 e. The predicted molar refractivity (Wildman–Crippen MR) is 275 cm³/mol. The Kier molecular flexibility index (Phi) is 21.9. The van der Waals surface area contributed by atoms with Crippen LogP contribution >= 0.6 is 21.6 Å². The lowest BCUT2D eigenvalue weighted by Crippen LogP contribution is -2.62. The normalized spacial score (nSPS) is 22.1. The van der Waals surface area contributed by atoms with Gasteiger partial charge in [-0.25, -0.2) is 4.79 Å². The molecule has 9 atom stereocenters. The maximum absolute atomic E-state index is 14.8. The number of para-hydroxylation sites is 1. The Labute approximate surface area is 429 Å². The van der Waals surface area contributed by atoms with Crippen molar-refractivity contribution in [1.82, 2.24) is 47.2 Å². The molecule has 0 aliphatic carbocycles. The Morgan fingerprint density at radius 2 is 1.44 bits per heavy atom. The molecule has 1 aliphatic heterocycles. The lowest BCUT2D eigenvalue weighted by atomic mass is 10.00. The number of phenolic OH excluding ortho intramolecular Hbond substituents is 1. The molecule has 4 aromatic rings. The number of aliphatic hydroxyl groups is 1. The number of aromatic hydroxyl groups is 1. The summed E-state index contributed by atoms with van der Waals surface area (Å²) in [6.45, 7) is 4.71. The molecule has 0 bridgehead atoms. The largest absolute Gasteiger partial charge is 0.508 e. The number of aliphatic carboxylic acids is 1. The van der Waals surface area contributed by atoms with Crippen LogP contribution in [0, 0.1) is 5.92 Å². The average Bonchev–Trinajstić information content (AvgIpc) is 3.76. The van der Waals surface area contributed by atoms with Crippen LogP contribution in [-0.4, -0.2) is 145 Å². The van der Waals surface area contributed by atoms with Crippen molar-refractivity contribution in [1.29, 1.82) is 0 Å². The summed E-state index contributed by atoms with van der Waals surface area (Å²) in [4.78, 5) is 119. The van der Waals surface area contributed by atoms with Crippen molar-refractivity contribution in [2.75, 3.05) is 18.1 Å². The summed E-state index contributed by atoms with van der Waals surface area (Å²) in [6, 6.07) is 5.37. The third-order valence-electron chi connectivity index (χ3n) is 11.9. The number of carboxylic acid groups (broad SMARTS) is 1. The Morgan fingerprint density at radius 3 is 2.10 bits per heavy atom. The quantitative estimate of drug-likeness (QED) is 0.0475. The van der Waals surface area contributed by atoms with E-state index in [0.29, 0.717) is 29.5 Å². The number of carboxylic acids is 1. The number of amides is 7. The van der Waals surface area contributed by atoms with Crippen LogP contribution in [0.3, 0.4) is 0 Å². The van der Waals surface area contributed by atoms with Crippen LogP contribution in [0.25, 0.3) is 10.9 Å². The third kappa shape index (κ3) is 17.2. The first-order valence-corrected chi connectivity index (χ1v) is 26.3. The lowest BCUT2D eigenvalue weighted by Gasteiger charge is -2.29. The van der Waals surface area contributed by atoms with E-state index >= 15 is 0 Å². The molecule has 0 spiro atoms. The molecule has 7 amide bonds. The van der Waals surface area contributed by atoms with E-state index in [-0.39, 0.29) is 49.5 Å². The van der Waals surface area contributed by atoms with Gasteiger partial charge in [0.05, 0.1) is 12.1 Å². The highest BCUT2D eigenvalue weighted by atomic mass is 33.1. The maximum atomic E-state index is 14.8. The van der Waals surface area contributed by atoms with E-state index in [9.17, 15) is 53.7 Å². The summed E-state index contributed by atoms with van der Waals surface area (Å²) in [5.74, 6) is -8.47. The summed E-state index contributed by atoms with van der Waals surface area (Å²) in [5.41, 5.74) is 14.7. The number of hydrogen-bond donors (Lipinski definition) is 13. The molecule has 1 fully saturated rings. The van der Waals surface area contributed by atoms with Crippen molar-refractivity contribution in [2.24, 2.45) is 17.4 Å². The first-order valence-electron chi connectivity index (χ1n) is 23.8. The molecular weight excluding hydrogens is 983 g/mol. The zero-order valence-corrected chi connectivity index (χ0v) is 42.3. The number of rotatable bonds is 17. The summed E-state index contributed by atoms with van der Waals surface area (Å²) in [6.07, 6.45) is 3.92. The third-order valence-corrected chi connectivity index (χ3v) is 14.4. The van der Waals surface area contributed by atoms with Gasteiger partial charge >= 0.3 is 5.97 Å². The number of benzene rings is 2. The molecule has 0 radical (unpaired) electrons. The molecule has 0 saturated carbocycles. The van der Waals surface area contributed by atoms with Crippen molar-refractivity contribution in [3.63, 3.8) is 0 Å². The van der Waals surface area contributed by atoms with Gasteiger partial charge in [0.1, 0.15) is 42.0 Å². The number of phenols is 1. The minimum absolute atomic E-state index is 0.0493. The van der Waals surface area contributed by atoms with Crippen LogP contribution in [0.5, 0.6) is 5.75 Å². The fourth-order valence-corrected chi connectivity index (χ4v) is 10.1. The molecule has 2 aromatic carbocycles. The number of aliphatic hydroxyl groups excluding tert-OH is 1. The van der Waals surface area contributed by atoms with Crippen molar-refractivity contribution in [3.8, 4) is 5.75 Å². The number of nitrogens with zero attached hydrogens (tertiary/aromatic N) is 1. The molecular formula is C49H65N11O11S2. The molecule has 5 rings (SSSR count). The van der Waals surface area contributed by atoms with Crippen molar-refractivity contribution < 1.29 is 53.7 Å². The number of aromatic nitrogens is 2. The van der Waals surface area contributed by atoms with Gasteiger partial charge in [-0.3, -0.25) is 38.5 Å². The van der Waals surface area contributed by atoms with Crippen LogP contribution in [0.15, 0.2) is 79.3 Å². The minimum atomic E-state index is -1.77. The molecule has 1 saturated heterocycles. The smallest absolute Gasteiger partial charge is 0.328 e. The number of pyridine rings is 1. The molecule has 2 aromatic heterocycles. The lowest BCUT2D eigenvalue weighted by molar-refractivity contribution is -0.145. The first kappa shape index (κ1) is 57.2. The number of nitrogens with one attached hydrogen (secondary N) is 8. The van der Waals surface area contributed by atoms with Gasteiger partial charge in [-0.2, -0.15) is 0 Å². The number of aromatic amines is 1. The Morgan fingerprint density at radius 1 is 0.781 bits per heavy atom. The number of fused-ring (bicyclic) bond motifs is 1. The highest BCUT2D eigenvalue weighted by molar-refractivity contribution is 8.76. The van der Waals surface area contributed by atoms with Gasteiger partial charge in [-0.1, -0.05) is 71.8 Å². The standard InChI is InChI=1S/C49H65N11O11S2/c1-26(2)40-48(69)58-39(47(68)60-41(27(3)61)49(70)71)25-73-72-24-38(57-42(63)33(51)19-29-9-8-18-52-22-29)46(67)55-36(20-28-13-15-31(62)16-14-28)44(65)56-37(21-30-23-53-34-11-5-4-10-32(30)34)45(66)54-35(43(64)59-40)12-6-7-17-50/h4-5,8-11,13-16,18,22-23,26-27,33,35-41,53,61-62H,6-7,12,17,19-21,24-25,50-51H2,1-3H3,(H,54,66)(H,55,67)(H,56,65)(H,57,63)(H,58,69)(H,59,64)(H,60,68)(H,70,71)/t27-,33-,35+,36+,37-,38+,39+,40+,41+/m1/s1. The van der Waals surface area contributed by atoms with Crippen LogP contribution in [-0.2, 0) is 57.6 Å². The molecule has 15 N–H and O–H groups in total. The second kappa shape index (κ2) is 27.9. The monoisotopic (exact) mass is 1050 g/mol. The molecule has 22 nitrogen and oxygen atoms in total. The van der Waals surface area contributed by atoms with Crippen LogP contribution in [0.4, 0.5) is 0 Å². The summed E-state index contributed by atoms with van der Waals surface area (Å²) in [5, 5.41) is 49.4. The van der Waals surface area contributed by atoms with Gasteiger partial charge in [0, 0.05) is 53.8 Å². The van der Waals surface area contributed by atoms with Crippen molar-refractivity contribution >= 4 is 79.8 Å². The number of carbonyl (C=O) groups is 8. The summed E-state index contributed by atoms with van der Waals surface area (Å²) in [7, 11) is 1.95. The van der Waals surface area contributed by atoms with Gasteiger partial charge in [0.15, 0.2) is 6.04 Å². The Hall–Kier alpha value is -6.73. The molecule has 73 heavy (non-hydrogen) atoms. The van der Waals surface area contributed by atoms with Crippen molar-refractivity contribution in [3.05, 3.63) is 95.9 Å². The van der Waals surface area contributed by atoms with Gasteiger partial charge < -0.3 is 69.0 Å². The SMILES string of the molecule is CC(C)[C@@H]1NC(=O)[C@H](CCCCN)NC(=O)[C@@H](Cc2c[nH]c3ccccc23)NC(=O)[C@H](Cc2ccc(O)cc2)NC(=O)[C@@H](NC(=O)[C@H](N)Cc2cccnc2)CSSC[C@@H](C(=O)N[C@H](C(=O)O)[C@@H](C)O)NC1=O. The second-order valence-corrected chi connectivity index (χ2v) is 20.6. The van der Waals surface area contributed by atoms with Gasteiger partial charge in [-0.05, 0) is 86.0 Å². The zero-order chi connectivity index (χ0) is 53.2. The van der Waals surface area contributed by atoms with Gasteiger partial charge in [0.25, 0.3) is 0 Å². The van der Waals surface area contributed by atoms with Crippen LogP contribution in [0.1, 0.15) is 56.7 Å². The number of hydrogen-bond acceptors (Lipinski definition) is 15. The fraction of sp³-hybridized carbons (Fsp3) is 0.449. The van der Waals surface area contributed by atoms with E-state index in [2.05, 4.69) is 47.2 Å². The van der Waals surface area contributed by atoms with E-state index in [4.69, 9.17) is 11.5 Å². The number of nitrogens with two attached hydrogens (primary N) is 2. The topological polar surface area (TPSA) is 362 Å². The van der Waals surface area contributed by atoms with E-state index < -0.39 is 108 Å². The molecule has 24 heteroatoms. The van der Waals surface area contributed by atoms with E-state index in [1.807, 2.05) is 24.3 Å². The number of unbranched alkanes of at least 4 members (excludes halogenated alkanes) is 1. The van der Waals surface area contributed by atoms with Crippen LogP contribution in [0.2, 0.25) is 0 Å². The highest BCUT2D eigenvalue weighted by Crippen LogP contribution is 2.25. The van der Waals surface area contributed by atoms with E-state index in [1.54, 1.807) is 50.5 Å². The van der Waals surface area contributed by atoms with Gasteiger partial charge in [0.2, 0.25) is 41.4 Å². The average molecular weight is 1050 g/mol. The first-order chi connectivity index (χ1) is 34.8. The zero-order valence-electron chi connectivity index (χ0n) is 40.7. The van der Waals surface area contributed by atoms with Crippen LogP contribution < -0.4 is 48.7 Å². The summed E-state index contributed by atoms with van der Waals surface area (Å²) < 4.78 is 0. The number of carbonyl (C=O) groups excluding carboxylic acids is 7. The second-order valence-electron chi connectivity index (χ2n) is 18.1. The van der Waals surface area contributed by atoms with Gasteiger partial charge in [-0.15, -0.1) is 0 Å². The number of H-pyrrole nitrogens is 1. The molecule has 1 aliphatic rings. The Bertz CT molecular complexity index is 2530. The Balaban J connectivity index is 1.58. The summed E-state index contributed by atoms with van der Waals surface area (Å²) >= 11 is 0. The highest BCUT2D eigenvalue weighted by Gasteiger charge is 2.37. The molecule has 3 heterocycles. The van der Waals surface area contributed by atoms with E-state index in [0.717, 1.165) is 39.4 Å². The predicted octanol–water partition coefficient (Wildman–Crippen LogP) is -0.337. The van der Waals surface area contributed by atoms with E-state index in [1.165, 1.54) is 18.3 Å². The molecule has 394 valence electrons. The maximum Gasteiger partial charge on any atom is 0.328 e. The molecule has 0 unspecified atom stereocenters. The fourth-order valence-electron chi connectivity index (χ4n) is 7.82. The van der Waals surface area contributed by atoms with Crippen molar-refractivity contribution in [2.45, 2.75) is 114 Å².